The second-order valence-corrected chi connectivity index (χ2v) is 9.87. The van der Waals surface area contributed by atoms with Crippen LogP contribution in [0.2, 0.25) is 5.02 Å². The fourth-order valence-electron chi connectivity index (χ4n) is 4.98. The molecule has 2 fully saturated rings. The lowest BCUT2D eigenvalue weighted by molar-refractivity contribution is 0.211. The van der Waals surface area contributed by atoms with E-state index in [1.807, 2.05) is 52.4 Å². The highest BCUT2D eigenvalue weighted by Crippen LogP contribution is 2.31. The van der Waals surface area contributed by atoms with Crippen molar-refractivity contribution >= 4 is 53.0 Å². The molecule has 2 aromatic heterocycles. The molecule has 0 radical (unpaired) electrons. The second kappa shape index (κ2) is 11.1. The molecule has 2 aliphatic heterocycles. The molecule has 0 bridgehead atoms. The Morgan fingerprint density at radius 1 is 0.947 bits per heavy atom. The summed E-state index contributed by atoms with van der Waals surface area (Å²) in [5.74, 6) is 0.603. The van der Waals surface area contributed by atoms with Crippen molar-refractivity contribution in [1.82, 2.24) is 24.4 Å². The van der Waals surface area contributed by atoms with E-state index >= 15 is 0 Å². The lowest BCUT2D eigenvalue weighted by Crippen LogP contribution is -2.37. The average molecular weight is 554 g/mol. The van der Waals surface area contributed by atoms with E-state index in [9.17, 15) is 9.90 Å². The van der Waals surface area contributed by atoms with E-state index in [0.29, 0.717) is 23.2 Å². The van der Waals surface area contributed by atoms with Crippen LogP contribution in [0.1, 0.15) is 12.8 Å². The highest BCUT2D eigenvalue weighted by Gasteiger charge is 2.29. The van der Waals surface area contributed by atoms with Gasteiger partial charge in [-0.1, -0.05) is 11.6 Å². The molecule has 2 aromatic carbocycles. The van der Waals surface area contributed by atoms with Gasteiger partial charge in [-0.3, -0.25) is 4.90 Å². The molecule has 4 aromatic rings. The summed E-state index contributed by atoms with van der Waals surface area (Å²) in [6.07, 6.45) is 4.35. The Kier molecular flexibility index (Phi) is 7.60. The summed E-state index contributed by atoms with van der Waals surface area (Å²) < 4.78 is 1.67. The van der Waals surface area contributed by atoms with Crippen molar-refractivity contribution in [2.45, 2.75) is 12.8 Å². The molecule has 2 amide bonds. The van der Waals surface area contributed by atoms with Crippen molar-refractivity contribution in [1.29, 1.82) is 0 Å². The number of hydrogen-bond acceptors (Lipinski definition) is 6. The predicted molar refractivity (Wildman–Crippen MR) is 152 cm³/mol. The van der Waals surface area contributed by atoms with Gasteiger partial charge in [-0.2, -0.15) is 4.98 Å². The number of benzene rings is 2. The van der Waals surface area contributed by atoms with Crippen LogP contribution in [0, 0.1) is 0 Å². The van der Waals surface area contributed by atoms with E-state index in [-0.39, 0.29) is 24.2 Å². The molecule has 2 aliphatic rings. The Morgan fingerprint density at radius 2 is 1.74 bits per heavy atom. The van der Waals surface area contributed by atoms with Gasteiger partial charge in [0.2, 0.25) is 5.95 Å². The minimum Gasteiger partial charge on any atom is -0.508 e. The Hall–Kier alpha value is -3.53. The number of anilines is 3. The van der Waals surface area contributed by atoms with Crippen LogP contribution < -0.4 is 10.2 Å². The highest BCUT2D eigenvalue weighted by molar-refractivity contribution is 6.33. The Labute approximate surface area is 232 Å². The number of carbonyl (C=O) groups is 1. The normalized spacial score (nSPS) is 15.9. The number of fused-ring (bicyclic) bond motifs is 1. The molecule has 0 unspecified atom stereocenters. The number of carbonyl (C=O) groups excluding carboxylic acids is 1. The van der Waals surface area contributed by atoms with Crippen molar-refractivity contribution in [2.24, 2.45) is 0 Å². The van der Waals surface area contributed by atoms with Gasteiger partial charge in [0.25, 0.3) is 0 Å². The summed E-state index contributed by atoms with van der Waals surface area (Å²) in [6, 6.07) is 16.4. The molecule has 4 heterocycles. The van der Waals surface area contributed by atoms with Gasteiger partial charge in [0.15, 0.2) is 5.65 Å². The first-order valence-electron chi connectivity index (χ1n) is 12.5. The van der Waals surface area contributed by atoms with E-state index in [1.54, 1.807) is 22.7 Å². The predicted octanol–water partition coefficient (Wildman–Crippen LogP) is 5.26. The summed E-state index contributed by atoms with van der Waals surface area (Å²) in [4.78, 5) is 23.7. The number of halogens is 2. The standard InChI is InChI=1S/C27H28ClN7O2.ClH/c28-24-9-8-22(36)17-23(24)19-3-10-25-30-26(31-35(25)18-19)29-20-4-6-21(7-5-20)34-16-15-33(27(34)37)14-13-32-11-1-2-12-32;/h3-10,17-18,36H,1-2,11-16H2,(H,29,31);1H. The quantitative estimate of drug-likeness (QED) is 0.324. The summed E-state index contributed by atoms with van der Waals surface area (Å²) in [7, 11) is 0. The third-order valence-corrected chi connectivity index (χ3v) is 7.34. The maximum atomic E-state index is 12.9. The third kappa shape index (κ3) is 5.36. The number of likely N-dealkylation sites (tertiary alicyclic amines) is 1. The van der Waals surface area contributed by atoms with Gasteiger partial charge in [0.05, 0.1) is 0 Å². The number of hydrogen-bond donors (Lipinski definition) is 2. The highest BCUT2D eigenvalue weighted by atomic mass is 35.5. The van der Waals surface area contributed by atoms with Crippen molar-refractivity contribution in [3.63, 3.8) is 0 Å². The van der Waals surface area contributed by atoms with Crippen molar-refractivity contribution in [2.75, 3.05) is 49.5 Å². The number of pyridine rings is 1. The maximum absolute atomic E-state index is 12.9. The van der Waals surface area contributed by atoms with Crippen LogP contribution in [-0.4, -0.2) is 74.8 Å². The van der Waals surface area contributed by atoms with E-state index in [4.69, 9.17) is 11.6 Å². The molecule has 9 nitrogen and oxygen atoms in total. The smallest absolute Gasteiger partial charge is 0.324 e. The molecular formula is C27H29Cl2N7O2. The maximum Gasteiger partial charge on any atom is 0.324 e. The number of urea groups is 1. The zero-order chi connectivity index (χ0) is 25.4. The van der Waals surface area contributed by atoms with Gasteiger partial charge in [-0.25, -0.2) is 9.31 Å². The zero-order valence-corrected chi connectivity index (χ0v) is 22.3. The molecule has 2 N–H and O–H groups in total. The number of nitrogens with zero attached hydrogens (tertiary/aromatic N) is 6. The Bertz CT molecular complexity index is 1440. The minimum atomic E-state index is 0. The van der Waals surface area contributed by atoms with Gasteiger partial charge in [-0.15, -0.1) is 17.5 Å². The summed E-state index contributed by atoms with van der Waals surface area (Å²) >= 11 is 6.32. The van der Waals surface area contributed by atoms with Crippen molar-refractivity contribution in [3.8, 4) is 16.9 Å². The third-order valence-electron chi connectivity index (χ3n) is 7.01. The number of phenolic OH excluding ortho intramolecular Hbond substituents is 1. The molecule has 0 saturated carbocycles. The number of aromatic hydroxyl groups is 1. The van der Waals surface area contributed by atoms with E-state index in [1.165, 1.54) is 12.8 Å². The fourth-order valence-corrected chi connectivity index (χ4v) is 5.21. The van der Waals surface area contributed by atoms with Gasteiger partial charge in [0.1, 0.15) is 5.75 Å². The molecule has 6 rings (SSSR count). The van der Waals surface area contributed by atoms with Crippen LogP contribution in [0.4, 0.5) is 22.1 Å². The number of rotatable bonds is 7. The number of amides is 2. The van der Waals surface area contributed by atoms with E-state index in [0.717, 1.165) is 55.2 Å². The average Bonchev–Trinajstić information content (AvgIpc) is 3.64. The first-order valence-corrected chi connectivity index (χ1v) is 12.9. The molecule has 0 aliphatic carbocycles. The molecule has 11 heteroatoms. The summed E-state index contributed by atoms with van der Waals surface area (Å²) in [5.41, 5.74) is 3.92. The SMILES string of the molecule is Cl.O=C1N(CCN2CCCC2)CCN1c1ccc(Nc2nc3ccc(-c4cc(O)ccc4Cl)cn3n2)cc1. The molecule has 0 atom stereocenters. The first-order chi connectivity index (χ1) is 18.0. The van der Waals surface area contributed by atoms with Crippen LogP contribution in [0.15, 0.2) is 60.8 Å². The number of phenols is 1. The molecule has 2 saturated heterocycles. The lowest BCUT2D eigenvalue weighted by Gasteiger charge is -2.22. The number of nitrogens with one attached hydrogen (secondary N) is 1. The van der Waals surface area contributed by atoms with E-state index in [2.05, 4.69) is 20.3 Å². The van der Waals surface area contributed by atoms with Crippen molar-refractivity contribution < 1.29 is 9.90 Å². The van der Waals surface area contributed by atoms with E-state index < -0.39 is 0 Å². The topological polar surface area (TPSA) is 89.2 Å². The molecule has 38 heavy (non-hydrogen) atoms. The zero-order valence-electron chi connectivity index (χ0n) is 20.8. The molecule has 198 valence electrons. The molecular weight excluding hydrogens is 525 g/mol. The van der Waals surface area contributed by atoms with Crippen LogP contribution in [0.5, 0.6) is 5.75 Å². The monoisotopic (exact) mass is 553 g/mol. The van der Waals surface area contributed by atoms with Crippen LogP contribution in [-0.2, 0) is 0 Å². The largest absolute Gasteiger partial charge is 0.508 e. The first kappa shape index (κ1) is 26.1. The number of aromatic nitrogens is 3. The summed E-state index contributed by atoms with van der Waals surface area (Å²) in [5, 5.41) is 18.1. The van der Waals surface area contributed by atoms with Crippen molar-refractivity contribution in [3.05, 3.63) is 65.8 Å². The van der Waals surface area contributed by atoms with Gasteiger partial charge in [0, 0.05) is 59.9 Å². The van der Waals surface area contributed by atoms with Gasteiger partial charge in [-0.05, 0) is 80.5 Å². The molecule has 0 spiro atoms. The lowest BCUT2D eigenvalue weighted by atomic mass is 10.1. The fraction of sp³-hybridized carbons (Fsp3) is 0.296. The van der Waals surface area contributed by atoms with Gasteiger partial charge < -0.3 is 20.2 Å². The van der Waals surface area contributed by atoms with Crippen LogP contribution >= 0.6 is 24.0 Å². The summed E-state index contributed by atoms with van der Waals surface area (Å²) in [6.45, 7) is 5.49. The van der Waals surface area contributed by atoms with Gasteiger partial charge >= 0.3 is 6.03 Å². The second-order valence-electron chi connectivity index (χ2n) is 9.46. The van der Waals surface area contributed by atoms with Crippen LogP contribution in [0.3, 0.4) is 0 Å². The minimum absolute atomic E-state index is 0. The van der Waals surface area contributed by atoms with Crippen LogP contribution in [0.25, 0.3) is 16.8 Å². The Morgan fingerprint density at radius 3 is 2.53 bits per heavy atom. The Balaban J connectivity index is 0.00000294.